The van der Waals surface area contributed by atoms with Crippen LogP contribution >= 0.6 is 0 Å². The minimum Gasteiger partial charge on any atom is -0.477 e. The van der Waals surface area contributed by atoms with Crippen LogP contribution in [0.15, 0.2) is 42.6 Å². The number of hydrogen-bond donors (Lipinski definition) is 3. The van der Waals surface area contributed by atoms with Crippen LogP contribution in [-0.2, 0) is 13.0 Å². The van der Waals surface area contributed by atoms with Crippen molar-refractivity contribution in [3.05, 3.63) is 59.3 Å². The Morgan fingerprint density at radius 1 is 1.26 bits per heavy atom. The lowest BCUT2D eigenvalue weighted by Gasteiger charge is -2.30. The van der Waals surface area contributed by atoms with Crippen molar-refractivity contribution < 1.29 is 14.6 Å². The number of aliphatic hydroxyl groups excluding tert-OH is 1. The monoisotopic (exact) mass is 367 g/mol. The molecule has 1 fully saturated rings. The topological polar surface area (TPSA) is 83.5 Å². The summed E-state index contributed by atoms with van der Waals surface area (Å²) in [7, 11) is 0. The number of fused-ring (bicyclic) bond motifs is 1. The second kappa shape index (κ2) is 8.06. The molecule has 1 aliphatic carbocycles. The van der Waals surface area contributed by atoms with Crippen molar-refractivity contribution in [2.24, 2.45) is 5.92 Å². The zero-order valence-electron chi connectivity index (χ0n) is 15.2. The van der Waals surface area contributed by atoms with Gasteiger partial charge in [0.2, 0.25) is 5.88 Å². The number of ether oxygens (including phenoxy) is 1. The number of carbonyl (C=O) groups is 1. The average Bonchev–Trinajstić information content (AvgIpc) is 3.55. The minimum atomic E-state index is -0.656. The second-order valence-corrected chi connectivity index (χ2v) is 7.38. The summed E-state index contributed by atoms with van der Waals surface area (Å²) >= 11 is 0. The zero-order valence-corrected chi connectivity index (χ0v) is 15.2. The lowest BCUT2D eigenvalue weighted by molar-refractivity contribution is 0.0869. The molecule has 2 heterocycles. The highest BCUT2D eigenvalue weighted by Crippen LogP contribution is 2.29. The van der Waals surface area contributed by atoms with E-state index in [0.29, 0.717) is 24.0 Å². The number of nitrogens with zero attached hydrogens (tertiary/aromatic N) is 1. The van der Waals surface area contributed by atoms with E-state index in [1.54, 1.807) is 12.1 Å². The molecule has 1 saturated carbocycles. The van der Waals surface area contributed by atoms with Crippen molar-refractivity contribution >= 4 is 5.91 Å². The summed E-state index contributed by atoms with van der Waals surface area (Å²) in [6.07, 6.45) is 4.06. The summed E-state index contributed by atoms with van der Waals surface area (Å²) in [5.74, 6) is 0.965. The van der Waals surface area contributed by atoms with Crippen LogP contribution in [0.25, 0.3) is 0 Å². The highest BCUT2D eigenvalue weighted by atomic mass is 16.5. The van der Waals surface area contributed by atoms with Gasteiger partial charge in [-0.3, -0.25) is 4.79 Å². The summed E-state index contributed by atoms with van der Waals surface area (Å²) in [6, 6.07) is 11.6. The molecule has 0 spiro atoms. The predicted molar refractivity (Wildman–Crippen MR) is 102 cm³/mol. The van der Waals surface area contributed by atoms with E-state index in [2.05, 4.69) is 27.8 Å². The van der Waals surface area contributed by atoms with Crippen molar-refractivity contribution in [2.75, 3.05) is 13.2 Å². The van der Waals surface area contributed by atoms with Crippen LogP contribution in [0.1, 0.15) is 34.3 Å². The van der Waals surface area contributed by atoms with Gasteiger partial charge in [-0.25, -0.2) is 4.98 Å². The summed E-state index contributed by atoms with van der Waals surface area (Å²) < 4.78 is 5.58. The van der Waals surface area contributed by atoms with Gasteiger partial charge in [0, 0.05) is 31.4 Å². The van der Waals surface area contributed by atoms with E-state index in [-0.39, 0.29) is 18.5 Å². The number of aliphatic hydroxyl groups is 1. The SMILES string of the molecule is O=C(NCC(O)C1Cc2ccccc2CN1)c1ccc(OCC2CC2)nc1. The van der Waals surface area contributed by atoms with E-state index in [0.717, 1.165) is 13.0 Å². The van der Waals surface area contributed by atoms with Crippen LogP contribution in [0, 0.1) is 5.92 Å². The molecule has 3 N–H and O–H groups in total. The molecule has 1 aromatic carbocycles. The lowest BCUT2D eigenvalue weighted by atomic mass is 9.93. The van der Waals surface area contributed by atoms with Crippen molar-refractivity contribution in [3.63, 3.8) is 0 Å². The molecule has 0 radical (unpaired) electrons. The van der Waals surface area contributed by atoms with Gasteiger partial charge in [0.05, 0.1) is 18.3 Å². The van der Waals surface area contributed by atoms with Crippen LogP contribution in [0.4, 0.5) is 0 Å². The smallest absolute Gasteiger partial charge is 0.252 e. The highest BCUT2D eigenvalue weighted by molar-refractivity contribution is 5.93. The number of amides is 1. The molecule has 2 atom stereocenters. The van der Waals surface area contributed by atoms with E-state index >= 15 is 0 Å². The third-order valence-corrected chi connectivity index (χ3v) is 5.21. The van der Waals surface area contributed by atoms with Gasteiger partial charge in [0.25, 0.3) is 5.91 Å². The largest absolute Gasteiger partial charge is 0.477 e. The number of nitrogens with one attached hydrogen (secondary N) is 2. The molecule has 2 unspecified atom stereocenters. The Kier molecular flexibility index (Phi) is 5.36. The second-order valence-electron chi connectivity index (χ2n) is 7.38. The van der Waals surface area contributed by atoms with E-state index < -0.39 is 6.10 Å². The number of pyridine rings is 1. The quantitative estimate of drug-likeness (QED) is 0.693. The maximum atomic E-state index is 12.3. The molecule has 27 heavy (non-hydrogen) atoms. The molecular weight excluding hydrogens is 342 g/mol. The van der Waals surface area contributed by atoms with E-state index in [9.17, 15) is 9.90 Å². The molecule has 142 valence electrons. The number of benzene rings is 1. The Labute approximate surface area is 159 Å². The van der Waals surface area contributed by atoms with Crippen LogP contribution in [-0.4, -0.2) is 41.3 Å². The summed E-state index contributed by atoms with van der Waals surface area (Å²) in [5.41, 5.74) is 2.97. The zero-order chi connectivity index (χ0) is 18.6. The fraction of sp³-hybridized carbons (Fsp3) is 0.429. The van der Waals surface area contributed by atoms with Crippen molar-refractivity contribution in [1.82, 2.24) is 15.6 Å². The van der Waals surface area contributed by atoms with Crippen molar-refractivity contribution in [2.45, 2.75) is 38.0 Å². The van der Waals surface area contributed by atoms with Gasteiger partial charge in [-0.05, 0) is 42.4 Å². The van der Waals surface area contributed by atoms with E-state index in [1.807, 2.05) is 12.1 Å². The van der Waals surface area contributed by atoms with Gasteiger partial charge in [-0.1, -0.05) is 24.3 Å². The third-order valence-electron chi connectivity index (χ3n) is 5.21. The molecule has 2 aromatic rings. The fourth-order valence-electron chi connectivity index (χ4n) is 3.28. The summed E-state index contributed by atoms with van der Waals surface area (Å²) in [4.78, 5) is 16.5. The van der Waals surface area contributed by atoms with E-state index in [4.69, 9.17) is 4.74 Å². The first-order valence-corrected chi connectivity index (χ1v) is 9.54. The van der Waals surface area contributed by atoms with Gasteiger partial charge in [-0.2, -0.15) is 0 Å². The van der Waals surface area contributed by atoms with Gasteiger partial charge in [-0.15, -0.1) is 0 Å². The molecule has 1 aliphatic heterocycles. The van der Waals surface area contributed by atoms with Crippen LogP contribution in [0.5, 0.6) is 5.88 Å². The van der Waals surface area contributed by atoms with Gasteiger partial charge < -0.3 is 20.5 Å². The van der Waals surface area contributed by atoms with Crippen LogP contribution in [0.3, 0.4) is 0 Å². The number of carbonyl (C=O) groups excluding carboxylic acids is 1. The maximum absolute atomic E-state index is 12.3. The van der Waals surface area contributed by atoms with Gasteiger partial charge in [0.15, 0.2) is 0 Å². The Hall–Kier alpha value is -2.44. The van der Waals surface area contributed by atoms with E-state index in [1.165, 1.54) is 30.2 Å². The maximum Gasteiger partial charge on any atom is 0.252 e. The average molecular weight is 367 g/mol. The Balaban J connectivity index is 1.26. The minimum absolute atomic E-state index is 0.0727. The van der Waals surface area contributed by atoms with Crippen LogP contribution < -0.4 is 15.4 Å². The molecule has 0 bridgehead atoms. The first-order chi connectivity index (χ1) is 13.2. The first kappa shape index (κ1) is 17.9. The molecular formula is C21H25N3O3. The molecule has 6 heteroatoms. The molecule has 0 saturated heterocycles. The van der Waals surface area contributed by atoms with Crippen LogP contribution in [0.2, 0.25) is 0 Å². The Morgan fingerprint density at radius 3 is 2.81 bits per heavy atom. The van der Waals surface area contributed by atoms with Gasteiger partial charge >= 0.3 is 0 Å². The number of rotatable bonds is 7. The third kappa shape index (κ3) is 4.64. The Bertz CT molecular complexity index is 790. The van der Waals surface area contributed by atoms with Crippen molar-refractivity contribution in [1.29, 1.82) is 0 Å². The first-order valence-electron chi connectivity index (χ1n) is 9.54. The number of hydrogen-bond acceptors (Lipinski definition) is 5. The summed E-state index contributed by atoms with van der Waals surface area (Å²) in [5, 5.41) is 16.6. The number of aromatic nitrogens is 1. The normalized spacial score (nSPS) is 19.8. The fourth-order valence-corrected chi connectivity index (χ4v) is 3.28. The molecule has 6 nitrogen and oxygen atoms in total. The molecule has 1 amide bonds. The summed E-state index contributed by atoms with van der Waals surface area (Å²) in [6.45, 7) is 1.62. The molecule has 4 rings (SSSR count). The van der Waals surface area contributed by atoms with Gasteiger partial charge in [0.1, 0.15) is 0 Å². The Morgan fingerprint density at radius 2 is 2.07 bits per heavy atom. The highest BCUT2D eigenvalue weighted by Gasteiger charge is 2.25. The predicted octanol–water partition coefficient (Wildman–Crippen LogP) is 1.68. The standard InChI is InChI=1S/C21H25N3O3/c25-19(18-9-15-3-1-2-4-16(15)10-22-18)12-24-21(26)17-7-8-20(23-11-17)27-13-14-5-6-14/h1-4,7-8,11,14,18-19,22,25H,5-6,9-10,12-13H2,(H,24,26). The lowest BCUT2D eigenvalue weighted by Crippen LogP contribution is -2.49. The van der Waals surface area contributed by atoms with Crippen molar-refractivity contribution in [3.8, 4) is 5.88 Å². The molecule has 1 aromatic heterocycles. The molecule has 2 aliphatic rings.